The number of rotatable bonds is 6. The average Bonchev–Trinajstić information content (AvgIpc) is 2.61. The van der Waals surface area contributed by atoms with Crippen LogP contribution in [0.25, 0.3) is 0 Å². The van der Waals surface area contributed by atoms with Crippen molar-refractivity contribution in [1.82, 2.24) is 0 Å². The van der Waals surface area contributed by atoms with E-state index in [9.17, 15) is 24.5 Å². The van der Waals surface area contributed by atoms with Gasteiger partial charge in [0.2, 0.25) is 5.91 Å². The molecule has 2 amide bonds. The van der Waals surface area contributed by atoms with E-state index in [-0.39, 0.29) is 22.8 Å². The lowest BCUT2D eigenvalue weighted by Gasteiger charge is -2.14. The maximum absolute atomic E-state index is 12.2. The van der Waals surface area contributed by atoms with Crippen LogP contribution in [-0.4, -0.2) is 28.8 Å². The van der Waals surface area contributed by atoms with Crippen molar-refractivity contribution in [2.75, 3.05) is 10.6 Å². The van der Waals surface area contributed by atoms with Crippen molar-refractivity contribution in [1.29, 1.82) is 0 Å². The topological polar surface area (TPSA) is 128 Å². The molecule has 2 aromatic rings. The van der Waals surface area contributed by atoms with Crippen molar-refractivity contribution in [2.24, 2.45) is 0 Å². The monoisotopic (exact) mass is 371 g/mol. The van der Waals surface area contributed by atoms with Crippen LogP contribution in [0.15, 0.2) is 48.5 Å². The summed E-state index contributed by atoms with van der Waals surface area (Å²) in [6, 6.07) is 11.5. The number of esters is 1. The minimum Gasteiger partial charge on any atom is -0.449 e. The van der Waals surface area contributed by atoms with E-state index < -0.39 is 22.9 Å². The van der Waals surface area contributed by atoms with Crippen LogP contribution >= 0.6 is 0 Å². The van der Waals surface area contributed by atoms with Gasteiger partial charge in [0.1, 0.15) is 0 Å². The Kier molecular flexibility index (Phi) is 6.21. The molecule has 2 rings (SSSR count). The fourth-order valence-electron chi connectivity index (χ4n) is 2.15. The third kappa shape index (κ3) is 5.63. The molecular formula is C18H17N3O6. The molecule has 0 aliphatic heterocycles. The van der Waals surface area contributed by atoms with E-state index >= 15 is 0 Å². The van der Waals surface area contributed by atoms with Gasteiger partial charge in [-0.2, -0.15) is 0 Å². The number of carbonyl (C=O) groups excluding carboxylic acids is 3. The van der Waals surface area contributed by atoms with Crippen LogP contribution in [0.4, 0.5) is 17.1 Å². The summed E-state index contributed by atoms with van der Waals surface area (Å²) in [5.41, 5.74) is 0.624. The molecule has 0 spiro atoms. The molecular weight excluding hydrogens is 354 g/mol. The SMILES string of the molecule is CC(=O)Nc1cccc(C(=O)OC(C)C(=O)Nc2cccc([N+](=O)[O-])c2)c1. The van der Waals surface area contributed by atoms with Crippen molar-refractivity contribution in [2.45, 2.75) is 20.0 Å². The molecule has 27 heavy (non-hydrogen) atoms. The van der Waals surface area contributed by atoms with Crippen LogP contribution in [0.2, 0.25) is 0 Å². The predicted molar refractivity (Wildman–Crippen MR) is 97.3 cm³/mol. The number of ether oxygens (including phenoxy) is 1. The Hall–Kier alpha value is -3.75. The second kappa shape index (κ2) is 8.56. The molecule has 9 nitrogen and oxygen atoms in total. The normalized spacial score (nSPS) is 11.2. The zero-order valence-corrected chi connectivity index (χ0v) is 14.6. The fraction of sp³-hybridized carbons (Fsp3) is 0.167. The lowest BCUT2D eigenvalue weighted by atomic mass is 10.2. The molecule has 0 saturated heterocycles. The van der Waals surface area contributed by atoms with E-state index in [1.807, 2.05) is 0 Å². The van der Waals surface area contributed by atoms with E-state index in [4.69, 9.17) is 4.74 Å². The summed E-state index contributed by atoms with van der Waals surface area (Å²) in [6.07, 6.45) is -1.14. The molecule has 2 aromatic carbocycles. The van der Waals surface area contributed by atoms with Gasteiger partial charge < -0.3 is 15.4 Å². The number of nitrogens with one attached hydrogen (secondary N) is 2. The van der Waals surface area contributed by atoms with Crippen molar-refractivity contribution < 1.29 is 24.0 Å². The first-order chi connectivity index (χ1) is 12.8. The number of nitrogens with zero attached hydrogens (tertiary/aromatic N) is 1. The fourth-order valence-corrected chi connectivity index (χ4v) is 2.15. The number of benzene rings is 2. The zero-order chi connectivity index (χ0) is 20.0. The summed E-state index contributed by atoms with van der Waals surface area (Å²) in [5, 5.41) is 15.8. The maximum atomic E-state index is 12.2. The lowest BCUT2D eigenvalue weighted by Crippen LogP contribution is -2.30. The van der Waals surface area contributed by atoms with Crippen molar-refractivity contribution >= 4 is 34.8 Å². The largest absolute Gasteiger partial charge is 0.449 e. The van der Waals surface area contributed by atoms with Gasteiger partial charge in [-0.15, -0.1) is 0 Å². The summed E-state index contributed by atoms with van der Waals surface area (Å²) >= 11 is 0. The molecule has 0 heterocycles. The minimum absolute atomic E-state index is 0.163. The molecule has 1 atom stereocenters. The third-order valence-corrected chi connectivity index (χ3v) is 3.40. The Balaban J connectivity index is 2.01. The van der Waals surface area contributed by atoms with Crippen LogP contribution in [0, 0.1) is 10.1 Å². The quantitative estimate of drug-likeness (QED) is 0.456. The van der Waals surface area contributed by atoms with Gasteiger partial charge in [-0.05, 0) is 31.2 Å². The van der Waals surface area contributed by atoms with Crippen LogP contribution in [-0.2, 0) is 14.3 Å². The van der Waals surface area contributed by atoms with Gasteiger partial charge in [-0.25, -0.2) is 4.79 Å². The molecule has 0 aliphatic carbocycles. The van der Waals surface area contributed by atoms with Crippen LogP contribution in [0.1, 0.15) is 24.2 Å². The van der Waals surface area contributed by atoms with Crippen molar-refractivity contribution in [3.8, 4) is 0 Å². The molecule has 0 radical (unpaired) electrons. The molecule has 0 bridgehead atoms. The van der Waals surface area contributed by atoms with Gasteiger partial charge in [-0.1, -0.05) is 12.1 Å². The first kappa shape index (κ1) is 19.6. The molecule has 9 heteroatoms. The highest BCUT2D eigenvalue weighted by atomic mass is 16.6. The zero-order valence-electron chi connectivity index (χ0n) is 14.6. The first-order valence-electron chi connectivity index (χ1n) is 7.90. The Morgan fingerprint density at radius 1 is 1.04 bits per heavy atom. The molecule has 1 unspecified atom stereocenters. The Morgan fingerprint density at radius 2 is 1.67 bits per heavy atom. The van der Waals surface area contributed by atoms with Gasteiger partial charge in [0, 0.05) is 30.4 Å². The van der Waals surface area contributed by atoms with Gasteiger partial charge >= 0.3 is 5.97 Å². The summed E-state index contributed by atoms with van der Waals surface area (Å²) in [6.45, 7) is 2.72. The van der Waals surface area contributed by atoms with Gasteiger partial charge in [0.05, 0.1) is 10.5 Å². The predicted octanol–water partition coefficient (Wildman–Crippen LogP) is 2.74. The summed E-state index contributed by atoms with van der Waals surface area (Å²) in [4.78, 5) is 45.6. The van der Waals surface area contributed by atoms with E-state index in [2.05, 4.69) is 10.6 Å². The number of non-ortho nitro benzene ring substituents is 1. The maximum Gasteiger partial charge on any atom is 0.338 e. The van der Waals surface area contributed by atoms with Gasteiger partial charge in [-0.3, -0.25) is 19.7 Å². The van der Waals surface area contributed by atoms with Gasteiger partial charge in [0.15, 0.2) is 6.10 Å². The Labute approximate surface area is 154 Å². The van der Waals surface area contributed by atoms with Crippen molar-refractivity contribution in [3.63, 3.8) is 0 Å². The van der Waals surface area contributed by atoms with Crippen LogP contribution in [0.3, 0.4) is 0 Å². The summed E-state index contributed by atoms with van der Waals surface area (Å²) in [7, 11) is 0. The highest BCUT2D eigenvalue weighted by Crippen LogP contribution is 2.18. The highest BCUT2D eigenvalue weighted by Gasteiger charge is 2.20. The van der Waals surface area contributed by atoms with E-state index in [1.165, 1.54) is 50.2 Å². The number of nitro groups is 1. The molecule has 0 aromatic heterocycles. The third-order valence-electron chi connectivity index (χ3n) is 3.40. The number of hydrogen-bond donors (Lipinski definition) is 2. The van der Waals surface area contributed by atoms with Crippen molar-refractivity contribution in [3.05, 3.63) is 64.2 Å². The summed E-state index contributed by atoms with van der Waals surface area (Å²) in [5.74, 6) is -1.67. The molecule has 0 aliphatic rings. The Bertz CT molecular complexity index is 896. The number of carbonyl (C=O) groups is 3. The van der Waals surface area contributed by atoms with E-state index in [1.54, 1.807) is 12.1 Å². The molecule has 140 valence electrons. The van der Waals surface area contributed by atoms with E-state index in [0.717, 1.165) is 0 Å². The molecule has 2 N–H and O–H groups in total. The standard InChI is InChI=1S/C18H17N3O6/c1-11(17(23)20-15-7-4-8-16(10-15)21(25)26)27-18(24)13-5-3-6-14(9-13)19-12(2)22/h3-11H,1-2H3,(H,19,22)(H,20,23). The lowest BCUT2D eigenvalue weighted by molar-refractivity contribution is -0.384. The number of hydrogen-bond acceptors (Lipinski definition) is 6. The average molecular weight is 371 g/mol. The van der Waals surface area contributed by atoms with E-state index in [0.29, 0.717) is 5.69 Å². The van der Waals surface area contributed by atoms with Gasteiger partial charge in [0.25, 0.3) is 11.6 Å². The molecule has 0 fully saturated rings. The molecule has 0 saturated carbocycles. The number of anilines is 2. The highest BCUT2D eigenvalue weighted by molar-refractivity contribution is 5.98. The van der Waals surface area contributed by atoms with Crippen LogP contribution in [0.5, 0.6) is 0 Å². The smallest absolute Gasteiger partial charge is 0.338 e. The Morgan fingerprint density at radius 3 is 2.30 bits per heavy atom. The minimum atomic E-state index is -1.14. The first-order valence-corrected chi connectivity index (χ1v) is 7.90. The second-order valence-corrected chi connectivity index (χ2v) is 5.61. The van der Waals surface area contributed by atoms with Crippen LogP contribution < -0.4 is 10.6 Å². The second-order valence-electron chi connectivity index (χ2n) is 5.61. The summed E-state index contributed by atoms with van der Waals surface area (Å²) < 4.78 is 5.11. The number of nitro benzene ring substituents is 1. The number of amides is 2.